The summed E-state index contributed by atoms with van der Waals surface area (Å²) in [6.45, 7) is 0.353. The largest absolute Gasteiger partial charge is 0.360 e. The second kappa shape index (κ2) is 4.59. The van der Waals surface area contributed by atoms with E-state index in [2.05, 4.69) is 26.4 Å². The first-order valence-corrected chi connectivity index (χ1v) is 5.85. The van der Waals surface area contributed by atoms with Crippen LogP contribution in [0, 0.1) is 0 Å². The molecule has 0 bridgehead atoms. The van der Waals surface area contributed by atoms with Crippen molar-refractivity contribution in [2.45, 2.75) is 6.54 Å². The molecule has 1 amide bonds. The Balaban J connectivity index is 1.93. The van der Waals surface area contributed by atoms with Crippen LogP contribution in [0.1, 0.15) is 16.1 Å². The van der Waals surface area contributed by atoms with E-state index in [9.17, 15) is 4.79 Å². The van der Waals surface area contributed by atoms with Crippen molar-refractivity contribution in [1.29, 1.82) is 0 Å². The third kappa shape index (κ3) is 2.66. The highest BCUT2D eigenvalue weighted by Gasteiger charge is 2.08. The number of amides is 1. The molecule has 1 N–H and O–H groups in total. The normalized spacial score (nSPS) is 10.2. The van der Waals surface area contributed by atoms with E-state index in [1.165, 1.54) is 11.3 Å². The van der Waals surface area contributed by atoms with Gasteiger partial charge in [-0.1, -0.05) is 5.16 Å². The molecule has 0 saturated carbocycles. The first kappa shape index (κ1) is 10.4. The van der Waals surface area contributed by atoms with Crippen molar-refractivity contribution in [3.63, 3.8) is 0 Å². The summed E-state index contributed by atoms with van der Waals surface area (Å²) < 4.78 is 5.79. The van der Waals surface area contributed by atoms with Crippen molar-refractivity contribution < 1.29 is 9.32 Å². The van der Waals surface area contributed by atoms with Gasteiger partial charge in [-0.05, 0) is 22.0 Å². The number of carbonyl (C=O) groups is 1. The molecule has 15 heavy (non-hydrogen) atoms. The van der Waals surface area contributed by atoms with E-state index in [-0.39, 0.29) is 5.91 Å². The molecule has 0 atom stereocenters. The maximum Gasteiger partial charge on any atom is 0.252 e. The minimum absolute atomic E-state index is 0.117. The second-order valence-electron chi connectivity index (χ2n) is 2.80. The molecule has 6 heteroatoms. The van der Waals surface area contributed by atoms with E-state index in [0.29, 0.717) is 17.9 Å². The SMILES string of the molecule is O=C(NCc1ccno1)c1csc(Br)c1. The Morgan fingerprint density at radius 3 is 3.13 bits per heavy atom. The predicted octanol–water partition coefficient (Wildman–Crippen LogP) is 2.43. The van der Waals surface area contributed by atoms with Crippen LogP contribution in [0.25, 0.3) is 0 Å². The molecule has 0 radical (unpaired) electrons. The molecule has 0 aliphatic rings. The third-order valence-electron chi connectivity index (χ3n) is 1.74. The number of carbonyl (C=O) groups excluding carboxylic acids is 1. The van der Waals surface area contributed by atoms with Crippen molar-refractivity contribution in [2.24, 2.45) is 0 Å². The van der Waals surface area contributed by atoms with Gasteiger partial charge in [0.2, 0.25) is 0 Å². The molecule has 0 aromatic carbocycles. The average molecular weight is 287 g/mol. The molecule has 2 rings (SSSR count). The Hall–Kier alpha value is -1.14. The average Bonchev–Trinajstić information content (AvgIpc) is 2.84. The van der Waals surface area contributed by atoms with Crippen LogP contribution in [0.2, 0.25) is 0 Å². The van der Waals surface area contributed by atoms with E-state index in [1.807, 2.05) is 0 Å². The molecule has 0 unspecified atom stereocenters. The van der Waals surface area contributed by atoms with Gasteiger partial charge in [0.05, 0.1) is 22.1 Å². The molecular formula is C9H7BrN2O2S. The topological polar surface area (TPSA) is 55.1 Å². The molecule has 0 fully saturated rings. The molecule has 4 nitrogen and oxygen atoms in total. The molecule has 2 heterocycles. The van der Waals surface area contributed by atoms with Gasteiger partial charge in [0.15, 0.2) is 5.76 Å². The fourth-order valence-corrected chi connectivity index (χ4v) is 2.17. The summed E-state index contributed by atoms with van der Waals surface area (Å²) in [7, 11) is 0. The van der Waals surface area contributed by atoms with Gasteiger partial charge in [-0.15, -0.1) is 11.3 Å². The first-order chi connectivity index (χ1) is 7.25. The van der Waals surface area contributed by atoms with Crippen LogP contribution in [-0.4, -0.2) is 11.1 Å². The summed E-state index contributed by atoms with van der Waals surface area (Å²) in [6, 6.07) is 3.49. The van der Waals surface area contributed by atoms with Crippen LogP contribution in [0.4, 0.5) is 0 Å². The molecule has 0 aliphatic carbocycles. The van der Waals surface area contributed by atoms with Gasteiger partial charge in [-0.3, -0.25) is 4.79 Å². The lowest BCUT2D eigenvalue weighted by atomic mass is 10.3. The van der Waals surface area contributed by atoms with Crippen LogP contribution in [0.15, 0.2) is 32.0 Å². The van der Waals surface area contributed by atoms with Crippen molar-refractivity contribution >= 4 is 33.2 Å². The quantitative estimate of drug-likeness (QED) is 0.943. The number of hydrogen-bond acceptors (Lipinski definition) is 4. The van der Waals surface area contributed by atoms with Crippen molar-refractivity contribution in [1.82, 2.24) is 10.5 Å². The van der Waals surface area contributed by atoms with E-state index in [1.54, 1.807) is 23.7 Å². The lowest BCUT2D eigenvalue weighted by Gasteiger charge is -1.99. The van der Waals surface area contributed by atoms with E-state index < -0.39 is 0 Å². The lowest BCUT2D eigenvalue weighted by Crippen LogP contribution is -2.21. The van der Waals surface area contributed by atoms with Crippen molar-refractivity contribution in [3.05, 3.63) is 38.8 Å². The maximum atomic E-state index is 11.6. The van der Waals surface area contributed by atoms with E-state index in [4.69, 9.17) is 4.52 Å². The molecule has 2 aromatic heterocycles. The monoisotopic (exact) mass is 286 g/mol. The third-order valence-corrected chi connectivity index (χ3v) is 3.25. The standard InChI is InChI=1S/C9H7BrN2O2S/c10-8-3-6(5-15-8)9(13)11-4-7-1-2-12-14-7/h1-3,5H,4H2,(H,11,13). The highest BCUT2D eigenvalue weighted by Crippen LogP contribution is 2.20. The lowest BCUT2D eigenvalue weighted by molar-refractivity contribution is 0.0947. The summed E-state index contributed by atoms with van der Waals surface area (Å²) >= 11 is 4.78. The number of rotatable bonds is 3. The van der Waals surface area contributed by atoms with Gasteiger partial charge in [-0.2, -0.15) is 0 Å². The zero-order valence-electron chi connectivity index (χ0n) is 7.57. The zero-order chi connectivity index (χ0) is 10.7. The van der Waals surface area contributed by atoms with Crippen molar-refractivity contribution in [2.75, 3.05) is 0 Å². The molecule has 2 aromatic rings. The van der Waals surface area contributed by atoms with Crippen molar-refractivity contribution in [3.8, 4) is 0 Å². The summed E-state index contributed by atoms with van der Waals surface area (Å²) in [5.74, 6) is 0.519. The Kier molecular flexibility index (Phi) is 3.17. The van der Waals surface area contributed by atoms with Gasteiger partial charge < -0.3 is 9.84 Å². The molecule has 78 valence electrons. The number of aromatic nitrogens is 1. The summed E-state index contributed by atoms with van der Waals surface area (Å²) in [5.41, 5.74) is 0.645. The molecule has 0 aliphatic heterocycles. The highest BCUT2D eigenvalue weighted by atomic mass is 79.9. The number of hydrogen-bond donors (Lipinski definition) is 1. The van der Waals surface area contributed by atoms with Gasteiger partial charge in [0.25, 0.3) is 5.91 Å². The summed E-state index contributed by atoms with van der Waals surface area (Å²) in [6.07, 6.45) is 1.54. The predicted molar refractivity (Wildman–Crippen MR) is 59.7 cm³/mol. The van der Waals surface area contributed by atoms with Crippen LogP contribution in [0.5, 0.6) is 0 Å². The highest BCUT2D eigenvalue weighted by molar-refractivity contribution is 9.11. The zero-order valence-corrected chi connectivity index (χ0v) is 9.97. The second-order valence-corrected chi connectivity index (χ2v) is 5.09. The number of nitrogens with zero attached hydrogens (tertiary/aromatic N) is 1. The van der Waals surface area contributed by atoms with Gasteiger partial charge in [-0.25, -0.2) is 0 Å². The van der Waals surface area contributed by atoms with Crippen LogP contribution >= 0.6 is 27.3 Å². The number of halogens is 1. The Morgan fingerprint density at radius 1 is 1.67 bits per heavy atom. The van der Waals surface area contributed by atoms with E-state index in [0.717, 1.165) is 3.79 Å². The van der Waals surface area contributed by atoms with Gasteiger partial charge in [0, 0.05) is 11.4 Å². The van der Waals surface area contributed by atoms with Gasteiger partial charge in [0.1, 0.15) is 0 Å². The number of nitrogens with one attached hydrogen (secondary N) is 1. The van der Waals surface area contributed by atoms with E-state index >= 15 is 0 Å². The fourth-order valence-electron chi connectivity index (χ4n) is 1.03. The van der Waals surface area contributed by atoms with Gasteiger partial charge >= 0.3 is 0 Å². The Bertz CT molecular complexity index is 452. The smallest absolute Gasteiger partial charge is 0.252 e. The summed E-state index contributed by atoms with van der Waals surface area (Å²) in [4.78, 5) is 11.6. The van der Waals surface area contributed by atoms with Crippen LogP contribution < -0.4 is 5.32 Å². The molecule has 0 saturated heterocycles. The number of thiophene rings is 1. The Morgan fingerprint density at radius 2 is 2.53 bits per heavy atom. The summed E-state index contributed by atoms with van der Waals surface area (Å²) in [5, 5.41) is 8.06. The fraction of sp³-hybridized carbons (Fsp3) is 0.111. The molecule has 0 spiro atoms. The first-order valence-electron chi connectivity index (χ1n) is 4.17. The van der Waals surface area contributed by atoms with Crippen LogP contribution in [0.3, 0.4) is 0 Å². The maximum absolute atomic E-state index is 11.6. The molecular weight excluding hydrogens is 280 g/mol. The minimum Gasteiger partial charge on any atom is -0.360 e. The minimum atomic E-state index is -0.117. The van der Waals surface area contributed by atoms with Crippen LogP contribution in [-0.2, 0) is 6.54 Å². The Labute approximate surface area is 98.4 Å².